The van der Waals surface area contributed by atoms with Gasteiger partial charge < -0.3 is 15.0 Å². The molecule has 0 unspecified atom stereocenters. The molecule has 1 N–H and O–H groups in total. The summed E-state index contributed by atoms with van der Waals surface area (Å²) in [5, 5.41) is 8.38. The van der Waals surface area contributed by atoms with Crippen molar-refractivity contribution in [2.24, 2.45) is 0 Å². The number of carbonyl (C=O) groups is 1. The lowest BCUT2D eigenvalue weighted by atomic mass is 10.1. The zero-order valence-corrected chi connectivity index (χ0v) is 17.5. The van der Waals surface area contributed by atoms with Crippen LogP contribution in [0.3, 0.4) is 0 Å². The Kier molecular flexibility index (Phi) is 6.23. The minimum Gasteiger partial charge on any atom is -0.372 e. The molecule has 3 aromatic rings. The van der Waals surface area contributed by atoms with Crippen LogP contribution in [-0.2, 0) is 22.5 Å². The van der Waals surface area contributed by atoms with Gasteiger partial charge in [0.15, 0.2) is 5.65 Å². The number of aryl methyl sites for hydroxylation is 1. The van der Waals surface area contributed by atoms with Gasteiger partial charge in [0.05, 0.1) is 30.3 Å². The number of nitrogens with one attached hydrogen (secondary N) is 1. The minimum absolute atomic E-state index is 0.0434. The van der Waals surface area contributed by atoms with Crippen molar-refractivity contribution < 1.29 is 9.53 Å². The molecule has 1 saturated heterocycles. The fourth-order valence-corrected chi connectivity index (χ4v) is 3.94. The van der Waals surface area contributed by atoms with Crippen LogP contribution in [-0.4, -0.2) is 57.5 Å². The Morgan fingerprint density at radius 3 is 2.70 bits per heavy atom. The highest BCUT2D eigenvalue weighted by atomic mass is 16.5. The van der Waals surface area contributed by atoms with Gasteiger partial charge in [0.2, 0.25) is 5.91 Å². The fourth-order valence-electron chi connectivity index (χ4n) is 3.94. The molecule has 4 rings (SSSR count). The fraction of sp³-hybridized carbons (Fsp3) is 0.455. The summed E-state index contributed by atoms with van der Waals surface area (Å²) in [6.45, 7) is 6.80. The first kappa shape index (κ1) is 20.3. The van der Waals surface area contributed by atoms with Crippen LogP contribution in [0.4, 0.5) is 5.82 Å². The largest absolute Gasteiger partial charge is 0.372 e. The molecule has 30 heavy (non-hydrogen) atoms. The molecule has 8 nitrogen and oxygen atoms in total. The molecule has 3 heterocycles. The average molecular weight is 409 g/mol. The third-order valence-electron chi connectivity index (χ3n) is 5.26. The smallest absolute Gasteiger partial charge is 0.220 e. The molecule has 2 aromatic heterocycles. The van der Waals surface area contributed by atoms with Crippen LogP contribution in [0.1, 0.15) is 25.8 Å². The monoisotopic (exact) mass is 408 g/mol. The average Bonchev–Trinajstić information content (AvgIpc) is 3.15. The second-order valence-electron chi connectivity index (χ2n) is 7.80. The van der Waals surface area contributed by atoms with Crippen LogP contribution in [0.15, 0.2) is 42.9 Å². The Balaban J connectivity index is 1.35. The van der Waals surface area contributed by atoms with Gasteiger partial charge in [-0.25, -0.2) is 14.6 Å². The minimum atomic E-state index is 0.0434. The Bertz CT molecular complexity index is 980. The van der Waals surface area contributed by atoms with E-state index in [1.165, 1.54) is 5.56 Å². The van der Waals surface area contributed by atoms with Crippen LogP contribution in [0, 0.1) is 0 Å². The second kappa shape index (κ2) is 9.21. The third-order valence-corrected chi connectivity index (χ3v) is 5.26. The van der Waals surface area contributed by atoms with Crippen molar-refractivity contribution in [1.29, 1.82) is 0 Å². The van der Waals surface area contributed by atoms with Gasteiger partial charge in [0.1, 0.15) is 12.1 Å². The number of rotatable bonds is 7. The highest BCUT2D eigenvalue weighted by molar-refractivity contribution is 5.86. The highest BCUT2D eigenvalue weighted by Crippen LogP contribution is 2.25. The van der Waals surface area contributed by atoms with Gasteiger partial charge in [-0.1, -0.05) is 30.3 Å². The number of hydrogen-bond acceptors (Lipinski definition) is 6. The summed E-state index contributed by atoms with van der Waals surface area (Å²) < 4.78 is 7.66. The summed E-state index contributed by atoms with van der Waals surface area (Å²) in [5.74, 6) is 0.932. The van der Waals surface area contributed by atoms with Gasteiger partial charge in [0, 0.05) is 26.1 Å². The second-order valence-corrected chi connectivity index (χ2v) is 7.80. The molecule has 1 aliphatic rings. The molecule has 1 aromatic carbocycles. The van der Waals surface area contributed by atoms with Gasteiger partial charge in [-0.05, 0) is 25.8 Å². The van der Waals surface area contributed by atoms with Gasteiger partial charge in [-0.15, -0.1) is 0 Å². The third kappa shape index (κ3) is 4.76. The van der Waals surface area contributed by atoms with Crippen molar-refractivity contribution >= 4 is 22.8 Å². The Morgan fingerprint density at radius 2 is 1.93 bits per heavy atom. The quantitative estimate of drug-likeness (QED) is 0.645. The first-order chi connectivity index (χ1) is 14.6. The van der Waals surface area contributed by atoms with Crippen LogP contribution < -0.4 is 10.2 Å². The first-order valence-corrected chi connectivity index (χ1v) is 10.5. The van der Waals surface area contributed by atoms with Crippen molar-refractivity contribution in [3.8, 4) is 0 Å². The number of aromatic nitrogens is 4. The van der Waals surface area contributed by atoms with Gasteiger partial charge in [0.25, 0.3) is 0 Å². The molecule has 0 bridgehead atoms. The van der Waals surface area contributed by atoms with E-state index in [2.05, 4.69) is 39.1 Å². The predicted octanol–water partition coefficient (Wildman–Crippen LogP) is 2.19. The summed E-state index contributed by atoms with van der Waals surface area (Å²) in [7, 11) is 0. The first-order valence-electron chi connectivity index (χ1n) is 10.5. The van der Waals surface area contributed by atoms with E-state index in [9.17, 15) is 4.79 Å². The number of ether oxygens (including phenoxy) is 1. The lowest BCUT2D eigenvalue weighted by Gasteiger charge is -2.36. The number of carbonyl (C=O) groups excluding carboxylic acids is 1. The van der Waals surface area contributed by atoms with Crippen molar-refractivity contribution in [3.05, 3.63) is 48.4 Å². The highest BCUT2D eigenvalue weighted by Gasteiger charge is 2.25. The standard InChI is InChI=1S/C22H28N6O2/c1-16-13-27(14-17(2)30-16)21-19-12-26-28(22(19)25-15-24-21)11-10-23-20(29)9-8-18-6-4-3-5-7-18/h3-7,12,15-17H,8-11,13-14H2,1-2H3,(H,23,29)/t16-,17-/m1/s1. The van der Waals surface area contributed by atoms with E-state index in [1.807, 2.05) is 41.2 Å². The van der Waals surface area contributed by atoms with Crippen molar-refractivity contribution in [2.45, 2.75) is 45.4 Å². The zero-order chi connectivity index (χ0) is 20.9. The van der Waals surface area contributed by atoms with Crippen LogP contribution in [0.5, 0.6) is 0 Å². The van der Waals surface area contributed by atoms with Crippen molar-refractivity contribution in [2.75, 3.05) is 24.5 Å². The zero-order valence-electron chi connectivity index (χ0n) is 17.5. The summed E-state index contributed by atoms with van der Waals surface area (Å²) in [4.78, 5) is 23.3. The Morgan fingerprint density at radius 1 is 1.17 bits per heavy atom. The SMILES string of the molecule is C[C@@H]1CN(c2ncnc3c2cnn3CCNC(=O)CCc2ccccc2)C[C@@H](C)O1. The molecule has 0 spiro atoms. The lowest BCUT2D eigenvalue weighted by Crippen LogP contribution is -2.45. The lowest BCUT2D eigenvalue weighted by molar-refractivity contribution is -0.121. The molecule has 1 aliphatic heterocycles. The molecular formula is C22H28N6O2. The van der Waals surface area contributed by atoms with E-state index in [-0.39, 0.29) is 18.1 Å². The van der Waals surface area contributed by atoms with Crippen LogP contribution >= 0.6 is 0 Å². The number of nitrogens with zero attached hydrogens (tertiary/aromatic N) is 5. The van der Waals surface area contributed by atoms with Gasteiger partial charge in [-0.3, -0.25) is 4.79 Å². The number of anilines is 1. The van der Waals surface area contributed by atoms with E-state index in [0.717, 1.165) is 36.4 Å². The Hall–Kier alpha value is -3.00. The summed E-state index contributed by atoms with van der Waals surface area (Å²) in [6.07, 6.45) is 4.92. The number of amides is 1. The number of benzene rings is 1. The number of morpholine rings is 1. The normalized spacial score (nSPS) is 19.2. The molecule has 1 fully saturated rings. The Labute approximate surface area is 176 Å². The van der Waals surface area contributed by atoms with E-state index < -0.39 is 0 Å². The maximum Gasteiger partial charge on any atom is 0.220 e. The van der Waals surface area contributed by atoms with Gasteiger partial charge >= 0.3 is 0 Å². The molecule has 2 atom stereocenters. The maximum atomic E-state index is 12.1. The number of fused-ring (bicyclic) bond motifs is 1. The van der Waals surface area contributed by atoms with Gasteiger partial charge in [-0.2, -0.15) is 5.10 Å². The van der Waals surface area contributed by atoms with E-state index >= 15 is 0 Å². The summed E-state index contributed by atoms with van der Waals surface area (Å²) in [5.41, 5.74) is 1.95. The molecule has 8 heteroatoms. The molecule has 0 radical (unpaired) electrons. The van der Waals surface area contributed by atoms with Crippen molar-refractivity contribution in [1.82, 2.24) is 25.1 Å². The van der Waals surface area contributed by atoms with Crippen LogP contribution in [0.2, 0.25) is 0 Å². The van der Waals surface area contributed by atoms with E-state index in [1.54, 1.807) is 6.33 Å². The molecule has 0 saturated carbocycles. The molecule has 1 amide bonds. The molecular weight excluding hydrogens is 380 g/mol. The number of hydrogen-bond donors (Lipinski definition) is 1. The summed E-state index contributed by atoms with van der Waals surface area (Å²) >= 11 is 0. The molecule has 0 aliphatic carbocycles. The maximum absolute atomic E-state index is 12.1. The molecule has 158 valence electrons. The van der Waals surface area contributed by atoms with E-state index in [0.29, 0.717) is 19.5 Å². The topological polar surface area (TPSA) is 85.2 Å². The summed E-state index contributed by atoms with van der Waals surface area (Å²) in [6, 6.07) is 10.0. The predicted molar refractivity (Wildman–Crippen MR) is 115 cm³/mol. The van der Waals surface area contributed by atoms with Crippen molar-refractivity contribution in [3.63, 3.8) is 0 Å². The van der Waals surface area contributed by atoms with E-state index in [4.69, 9.17) is 4.74 Å². The van der Waals surface area contributed by atoms with Crippen LogP contribution in [0.25, 0.3) is 11.0 Å².